The molecule has 3 aliphatic heterocycles. The number of aryl methyl sites for hydroxylation is 1. The van der Waals surface area contributed by atoms with Crippen LogP contribution in [0.25, 0.3) is 0 Å². The molecule has 4 rings (SSSR count). The van der Waals surface area contributed by atoms with Gasteiger partial charge in [-0.2, -0.15) is 0 Å². The maximum Gasteiger partial charge on any atom is 0.237 e. The number of aliphatic hydroxyl groups excluding tert-OH is 1. The van der Waals surface area contributed by atoms with Crippen molar-refractivity contribution in [1.29, 1.82) is 0 Å². The van der Waals surface area contributed by atoms with E-state index in [9.17, 15) is 9.90 Å². The first-order chi connectivity index (χ1) is 13.1. The van der Waals surface area contributed by atoms with Crippen LogP contribution in [0.1, 0.15) is 38.2 Å². The van der Waals surface area contributed by atoms with Crippen LogP contribution in [0, 0.1) is 12.3 Å². The first-order valence-corrected chi connectivity index (χ1v) is 10.5. The summed E-state index contributed by atoms with van der Waals surface area (Å²) in [4.78, 5) is 19.9. The Labute approximate surface area is 162 Å². The lowest BCUT2D eigenvalue weighted by Crippen LogP contribution is -2.51. The Morgan fingerprint density at radius 1 is 1.22 bits per heavy atom. The third-order valence-electron chi connectivity index (χ3n) is 7.26. The highest BCUT2D eigenvalue weighted by atomic mass is 16.3. The van der Waals surface area contributed by atoms with Crippen molar-refractivity contribution in [2.75, 3.05) is 44.2 Å². The van der Waals surface area contributed by atoms with Gasteiger partial charge >= 0.3 is 0 Å². The van der Waals surface area contributed by atoms with Gasteiger partial charge in [-0.25, -0.2) is 0 Å². The topological polar surface area (TPSA) is 47.0 Å². The highest BCUT2D eigenvalue weighted by Gasteiger charge is 2.56. The summed E-state index contributed by atoms with van der Waals surface area (Å²) in [5, 5.41) is 9.96. The quantitative estimate of drug-likeness (QED) is 0.863. The zero-order valence-electron chi connectivity index (χ0n) is 16.7. The molecule has 148 valence electrons. The number of piperazine rings is 1. The van der Waals surface area contributed by atoms with Crippen molar-refractivity contribution in [3.8, 4) is 0 Å². The van der Waals surface area contributed by atoms with Gasteiger partial charge in [0.15, 0.2) is 0 Å². The molecule has 3 saturated heterocycles. The molecule has 3 fully saturated rings. The lowest BCUT2D eigenvalue weighted by atomic mass is 9.72. The molecule has 2 bridgehead atoms. The van der Waals surface area contributed by atoms with Crippen molar-refractivity contribution in [2.45, 2.75) is 51.6 Å². The van der Waals surface area contributed by atoms with Gasteiger partial charge in [-0.1, -0.05) is 19.1 Å². The molecule has 0 unspecified atom stereocenters. The van der Waals surface area contributed by atoms with E-state index in [1.165, 1.54) is 11.3 Å². The monoisotopic (exact) mass is 371 g/mol. The van der Waals surface area contributed by atoms with Gasteiger partial charge in [-0.15, -0.1) is 0 Å². The number of rotatable bonds is 5. The number of hydrogen-bond donors (Lipinski definition) is 1. The van der Waals surface area contributed by atoms with Crippen LogP contribution in [0.15, 0.2) is 24.3 Å². The second-order valence-electron chi connectivity index (χ2n) is 8.73. The Kier molecular flexibility index (Phi) is 5.17. The normalized spacial score (nSPS) is 30.9. The summed E-state index contributed by atoms with van der Waals surface area (Å²) in [6.45, 7) is 8.83. The van der Waals surface area contributed by atoms with E-state index in [-0.39, 0.29) is 24.0 Å². The minimum absolute atomic E-state index is 0.0531. The molecular weight excluding hydrogens is 338 g/mol. The van der Waals surface area contributed by atoms with E-state index in [0.717, 1.165) is 51.9 Å². The van der Waals surface area contributed by atoms with E-state index in [4.69, 9.17) is 0 Å². The first kappa shape index (κ1) is 18.8. The highest BCUT2D eigenvalue weighted by molar-refractivity contribution is 5.80. The average Bonchev–Trinajstić information content (AvgIpc) is 3.25. The molecule has 5 heteroatoms. The molecule has 0 saturated carbocycles. The van der Waals surface area contributed by atoms with Gasteiger partial charge < -0.3 is 14.9 Å². The second kappa shape index (κ2) is 7.44. The van der Waals surface area contributed by atoms with Gasteiger partial charge in [-0.05, 0) is 50.3 Å². The minimum Gasteiger partial charge on any atom is -0.396 e. The third kappa shape index (κ3) is 3.36. The summed E-state index contributed by atoms with van der Waals surface area (Å²) in [6.07, 6.45) is 4.12. The number of carbonyl (C=O) groups excluding carboxylic acids is 1. The highest BCUT2D eigenvalue weighted by Crippen LogP contribution is 2.51. The van der Waals surface area contributed by atoms with Crippen LogP contribution in [0.4, 0.5) is 5.69 Å². The Balaban J connectivity index is 1.34. The minimum atomic E-state index is -0.0531. The maximum atomic E-state index is 13.1. The molecule has 0 aliphatic carbocycles. The number of amides is 1. The van der Waals surface area contributed by atoms with Crippen molar-refractivity contribution in [1.82, 2.24) is 9.80 Å². The Bertz CT molecular complexity index is 680. The molecule has 1 N–H and O–H groups in total. The number of nitrogens with zero attached hydrogens (tertiary/aromatic N) is 3. The molecule has 5 nitrogen and oxygen atoms in total. The van der Waals surface area contributed by atoms with Crippen molar-refractivity contribution >= 4 is 11.6 Å². The van der Waals surface area contributed by atoms with Gasteiger partial charge in [0.2, 0.25) is 5.91 Å². The van der Waals surface area contributed by atoms with Crippen LogP contribution in [-0.2, 0) is 4.79 Å². The lowest BCUT2D eigenvalue weighted by Gasteiger charge is -2.38. The molecule has 0 aromatic heterocycles. The lowest BCUT2D eigenvalue weighted by molar-refractivity contribution is -0.134. The van der Waals surface area contributed by atoms with E-state index < -0.39 is 0 Å². The fourth-order valence-electron chi connectivity index (χ4n) is 5.59. The Morgan fingerprint density at radius 2 is 2.00 bits per heavy atom. The molecule has 3 heterocycles. The molecule has 1 aromatic carbocycles. The first-order valence-electron chi connectivity index (χ1n) is 10.5. The number of carbonyl (C=O) groups is 1. The molecule has 1 aromatic rings. The zero-order valence-corrected chi connectivity index (χ0v) is 16.7. The summed E-state index contributed by atoms with van der Waals surface area (Å²) < 4.78 is 0. The molecule has 1 amide bonds. The molecule has 0 radical (unpaired) electrons. The maximum absolute atomic E-state index is 13.1. The Hall–Kier alpha value is -1.59. The summed E-state index contributed by atoms with van der Waals surface area (Å²) in [5.74, 6) is 0.273. The van der Waals surface area contributed by atoms with Crippen LogP contribution < -0.4 is 4.90 Å². The molecule has 0 spiro atoms. The van der Waals surface area contributed by atoms with E-state index >= 15 is 0 Å². The van der Waals surface area contributed by atoms with Gasteiger partial charge in [-0.3, -0.25) is 9.69 Å². The number of aliphatic hydroxyl groups is 1. The summed E-state index contributed by atoms with van der Waals surface area (Å²) in [7, 11) is 0. The van der Waals surface area contributed by atoms with Gasteiger partial charge in [0.25, 0.3) is 0 Å². The van der Waals surface area contributed by atoms with Gasteiger partial charge in [0.1, 0.15) is 0 Å². The van der Waals surface area contributed by atoms with Crippen LogP contribution in [0.3, 0.4) is 0 Å². The molecular formula is C22H33N3O2. The van der Waals surface area contributed by atoms with Crippen molar-refractivity contribution < 1.29 is 9.90 Å². The fraction of sp³-hybridized carbons (Fsp3) is 0.682. The van der Waals surface area contributed by atoms with Gasteiger partial charge in [0, 0.05) is 49.4 Å². The van der Waals surface area contributed by atoms with Crippen LogP contribution >= 0.6 is 0 Å². The van der Waals surface area contributed by atoms with E-state index in [2.05, 4.69) is 52.8 Å². The van der Waals surface area contributed by atoms with Crippen LogP contribution in [-0.4, -0.2) is 72.2 Å². The summed E-state index contributed by atoms with van der Waals surface area (Å²) in [6, 6.07) is 9.26. The predicted octanol–water partition coefficient (Wildman–Crippen LogP) is 2.27. The van der Waals surface area contributed by atoms with Gasteiger partial charge in [0.05, 0.1) is 13.2 Å². The zero-order chi connectivity index (χ0) is 19.0. The average molecular weight is 372 g/mol. The number of fused-ring (bicyclic) bond motifs is 2. The molecule has 3 aliphatic rings. The standard InChI is InChI=1S/C22H33N3O2/c1-3-22(16-26)14-19-7-8-20(22)25(19)21(27)15-23-9-11-24(12-10-23)18-6-4-5-17(2)13-18/h4-6,13,19-20,26H,3,7-12,14-16H2,1-2H3/t19-,20+,22-/m0/s1. The summed E-state index contributed by atoms with van der Waals surface area (Å²) >= 11 is 0. The van der Waals surface area contributed by atoms with E-state index in [1.807, 2.05) is 0 Å². The largest absolute Gasteiger partial charge is 0.396 e. The van der Waals surface area contributed by atoms with E-state index in [0.29, 0.717) is 12.6 Å². The summed E-state index contributed by atoms with van der Waals surface area (Å²) in [5.41, 5.74) is 2.52. The van der Waals surface area contributed by atoms with Crippen LogP contribution in [0.5, 0.6) is 0 Å². The number of hydrogen-bond acceptors (Lipinski definition) is 4. The van der Waals surface area contributed by atoms with E-state index in [1.54, 1.807) is 0 Å². The SMILES string of the molecule is CC[C@@]1(CO)C[C@@H]2CC[C@H]1N2C(=O)CN1CCN(c2cccc(C)c2)CC1. The third-order valence-corrected chi connectivity index (χ3v) is 7.26. The second-order valence-corrected chi connectivity index (χ2v) is 8.73. The molecule has 27 heavy (non-hydrogen) atoms. The smallest absolute Gasteiger partial charge is 0.237 e. The van der Waals surface area contributed by atoms with Crippen molar-refractivity contribution in [3.63, 3.8) is 0 Å². The number of anilines is 1. The van der Waals surface area contributed by atoms with Crippen LogP contribution in [0.2, 0.25) is 0 Å². The van der Waals surface area contributed by atoms with Crippen molar-refractivity contribution in [2.24, 2.45) is 5.41 Å². The Morgan fingerprint density at radius 3 is 2.63 bits per heavy atom. The predicted molar refractivity (Wildman–Crippen MR) is 108 cm³/mol. The fourth-order valence-corrected chi connectivity index (χ4v) is 5.59. The molecule has 3 atom stereocenters. The van der Waals surface area contributed by atoms with Crippen molar-refractivity contribution in [3.05, 3.63) is 29.8 Å². The number of benzene rings is 1.